The lowest BCUT2D eigenvalue weighted by atomic mass is 10.0. The molecule has 1 fully saturated rings. The molecule has 1 heterocycles. The predicted molar refractivity (Wildman–Crippen MR) is 57.0 cm³/mol. The summed E-state index contributed by atoms with van der Waals surface area (Å²) in [5, 5.41) is 18.5. The molecule has 6 nitrogen and oxygen atoms in total. The Kier molecular flexibility index (Phi) is 4.26. The Bertz CT molecular complexity index is 260. The topological polar surface area (TPSA) is 81.1 Å². The molecule has 1 atom stereocenters. The fraction of sp³-hybridized carbons (Fsp3) is 0.800. The Hall–Kier alpha value is -1.14. The summed E-state index contributed by atoms with van der Waals surface area (Å²) in [7, 11) is 0. The van der Waals surface area contributed by atoms with Crippen molar-refractivity contribution in [3.63, 3.8) is 0 Å². The maximum absolute atomic E-state index is 10.5. The molecular weight excluding hydrogens is 212 g/mol. The second-order valence-electron chi connectivity index (χ2n) is 4.48. The Morgan fingerprint density at radius 2 is 1.94 bits per heavy atom. The van der Waals surface area contributed by atoms with Gasteiger partial charge in [0.2, 0.25) is 6.41 Å². The lowest BCUT2D eigenvalue weighted by Crippen LogP contribution is -2.51. The van der Waals surface area contributed by atoms with Crippen LogP contribution in [-0.2, 0) is 9.59 Å². The van der Waals surface area contributed by atoms with Crippen molar-refractivity contribution in [2.75, 3.05) is 32.7 Å². The number of aliphatic hydroxyl groups is 1. The van der Waals surface area contributed by atoms with Gasteiger partial charge in [0, 0.05) is 32.7 Å². The second kappa shape index (κ2) is 5.27. The van der Waals surface area contributed by atoms with E-state index in [1.165, 1.54) is 6.92 Å². The van der Waals surface area contributed by atoms with Crippen LogP contribution in [0.1, 0.15) is 13.3 Å². The highest BCUT2D eigenvalue weighted by Gasteiger charge is 2.28. The minimum atomic E-state index is -1.21. The van der Waals surface area contributed by atoms with E-state index in [1.807, 2.05) is 4.90 Å². The van der Waals surface area contributed by atoms with Crippen molar-refractivity contribution in [1.82, 2.24) is 9.80 Å². The van der Waals surface area contributed by atoms with Crippen molar-refractivity contribution in [1.29, 1.82) is 0 Å². The molecule has 0 bridgehead atoms. The summed E-state index contributed by atoms with van der Waals surface area (Å²) in [5.41, 5.74) is -1.21. The summed E-state index contributed by atoms with van der Waals surface area (Å²) < 4.78 is 0. The predicted octanol–water partition coefficient (Wildman–Crippen LogP) is -1.01. The molecule has 0 aromatic carbocycles. The van der Waals surface area contributed by atoms with Crippen molar-refractivity contribution in [3.8, 4) is 0 Å². The number of β-amino-alcohol motifs (C(OH)–C–C–N with tert-alkyl or cyclic N) is 1. The third-order valence-corrected chi connectivity index (χ3v) is 2.65. The summed E-state index contributed by atoms with van der Waals surface area (Å²) >= 11 is 0. The summed E-state index contributed by atoms with van der Waals surface area (Å²) in [6.07, 6.45) is 0.549. The number of carbonyl (C=O) groups excluding carboxylic acids is 1. The largest absolute Gasteiger partial charge is 0.481 e. The minimum Gasteiger partial charge on any atom is -0.481 e. The fourth-order valence-corrected chi connectivity index (χ4v) is 1.89. The van der Waals surface area contributed by atoms with Crippen LogP contribution in [0.4, 0.5) is 0 Å². The molecule has 92 valence electrons. The summed E-state index contributed by atoms with van der Waals surface area (Å²) in [4.78, 5) is 24.6. The van der Waals surface area contributed by atoms with Crippen LogP contribution in [0.3, 0.4) is 0 Å². The molecule has 6 heteroatoms. The van der Waals surface area contributed by atoms with E-state index in [0.717, 1.165) is 6.41 Å². The zero-order valence-corrected chi connectivity index (χ0v) is 9.43. The molecular formula is C10H18N2O4. The molecule has 2 N–H and O–H groups in total. The van der Waals surface area contributed by atoms with Crippen LogP contribution >= 0.6 is 0 Å². The Labute approximate surface area is 94.4 Å². The highest BCUT2D eigenvalue weighted by atomic mass is 16.4. The van der Waals surface area contributed by atoms with Crippen LogP contribution in [-0.4, -0.2) is 70.7 Å². The van der Waals surface area contributed by atoms with Crippen LogP contribution in [0.25, 0.3) is 0 Å². The Morgan fingerprint density at radius 1 is 1.38 bits per heavy atom. The molecule has 0 radical (unpaired) electrons. The molecule has 1 unspecified atom stereocenters. The minimum absolute atomic E-state index is 0.263. The lowest BCUT2D eigenvalue weighted by Gasteiger charge is -2.36. The van der Waals surface area contributed by atoms with Crippen molar-refractivity contribution in [2.45, 2.75) is 18.9 Å². The second-order valence-corrected chi connectivity index (χ2v) is 4.48. The van der Waals surface area contributed by atoms with Gasteiger partial charge >= 0.3 is 5.97 Å². The first kappa shape index (κ1) is 12.9. The molecule has 1 saturated heterocycles. The number of hydrogen-bond donors (Lipinski definition) is 2. The normalized spacial score (nSPS) is 21.5. The molecule has 1 rings (SSSR count). The van der Waals surface area contributed by atoms with Gasteiger partial charge in [-0.2, -0.15) is 0 Å². The number of nitrogens with zero attached hydrogens (tertiary/aromatic N) is 2. The van der Waals surface area contributed by atoms with E-state index in [4.69, 9.17) is 5.11 Å². The van der Waals surface area contributed by atoms with Crippen LogP contribution < -0.4 is 0 Å². The number of amides is 1. The highest BCUT2D eigenvalue weighted by Crippen LogP contribution is 2.13. The van der Waals surface area contributed by atoms with Gasteiger partial charge in [-0.3, -0.25) is 14.5 Å². The van der Waals surface area contributed by atoms with Crippen molar-refractivity contribution >= 4 is 12.4 Å². The van der Waals surface area contributed by atoms with E-state index in [-0.39, 0.29) is 6.42 Å². The average Bonchev–Trinajstić information content (AvgIpc) is 2.16. The summed E-state index contributed by atoms with van der Waals surface area (Å²) in [5.74, 6) is -1.00. The third kappa shape index (κ3) is 4.16. The number of rotatable bonds is 5. The van der Waals surface area contributed by atoms with Crippen molar-refractivity contribution < 1.29 is 19.8 Å². The molecule has 0 aromatic rings. The Balaban J connectivity index is 2.37. The van der Waals surface area contributed by atoms with Gasteiger partial charge in [0.05, 0.1) is 12.0 Å². The first-order valence-electron chi connectivity index (χ1n) is 5.29. The highest BCUT2D eigenvalue weighted by molar-refractivity contribution is 5.68. The molecule has 0 spiro atoms. The smallest absolute Gasteiger partial charge is 0.306 e. The zero-order chi connectivity index (χ0) is 12.2. The number of hydrogen-bond acceptors (Lipinski definition) is 4. The molecule has 16 heavy (non-hydrogen) atoms. The van der Waals surface area contributed by atoms with Crippen LogP contribution in [0.2, 0.25) is 0 Å². The molecule has 1 aliphatic rings. The van der Waals surface area contributed by atoms with Gasteiger partial charge in [-0.05, 0) is 6.92 Å². The number of piperazine rings is 1. The van der Waals surface area contributed by atoms with Crippen LogP contribution in [0, 0.1) is 0 Å². The number of aliphatic carboxylic acids is 1. The van der Waals surface area contributed by atoms with Gasteiger partial charge < -0.3 is 15.1 Å². The zero-order valence-electron chi connectivity index (χ0n) is 9.43. The number of carboxylic acids is 1. The van der Waals surface area contributed by atoms with Gasteiger partial charge in [-0.15, -0.1) is 0 Å². The molecule has 0 aromatic heterocycles. The standard InChI is InChI=1S/C10H18N2O4/c1-10(16,6-9(14)15)7-11-2-4-12(8-13)5-3-11/h8,16H,2-7H2,1H3,(H,14,15). The Morgan fingerprint density at radius 3 is 2.38 bits per heavy atom. The lowest BCUT2D eigenvalue weighted by molar-refractivity contribution is -0.142. The van der Waals surface area contributed by atoms with E-state index >= 15 is 0 Å². The van der Waals surface area contributed by atoms with E-state index in [2.05, 4.69) is 0 Å². The third-order valence-electron chi connectivity index (χ3n) is 2.65. The molecule has 1 amide bonds. The van der Waals surface area contributed by atoms with E-state index in [0.29, 0.717) is 32.7 Å². The van der Waals surface area contributed by atoms with Gasteiger partial charge in [0.1, 0.15) is 0 Å². The first-order chi connectivity index (χ1) is 7.43. The maximum Gasteiger partial charge on any atom is 0.306 e. The van der Waals surface area contributed by atoms with E-state index in [9.17, 15) is 14.7 Å². The van der Waals surface area contributed by atoms with Crippen molar-refractivity contribution in [2.24, 2.45) is 0 Å². The SMILES string of the molecule is CC(O)(CC(=O)O)CN1CCN(C=O)CC1. The number of carbonyl (C=O) groups is 2. The first-order valence-corrected chi connectivity index (χ1v) is 5.29. The number of carboxylic acid groups (broad SMARTS) is 1. The van der Waals surface area contributed by atoms with Crippen molar-refractivity contribution in [3.05, 3.63) is 0 Å². The van der Waals surface area contributed by atoms with Gasteiger partial charge in [-0.1, -0.05) is 0 Å². The van der Waals surface area contributed by atoms with Crippen LogP contribution in [0.15, 0.2) is 0 Å². The summed E-state index contributed by atoms with van der Waals surface area (Å²) in [6, 6.07) is 0. The van der Waals surface area contributed by atoms with Crippen LogP contribution in [0.5, 0.6) is 0 Å². The van der Waals surface area contributed by atoms with Gasteiger partial charge in [0.25, 0.3) is 0 Å². The quantitative estimate of drug-likeness (QED) is 0.591. The monoisotopic (exact) mass is 230 g/mol. The molecule has 0 aliphatic carbocycles. The van der Waals surface area contributed by atoms with Gasteiger partial charge in [-0.25, -0.2) is 0 Å². The van der Waals surface area contributed by atoms with E-state index < -0.39 is 11.6 Å². The fourth-order valence-electron chi connectivity index (χ4n) is 1.89. The molecule has 0 saturated carbocycles. The van der Waals surface area contributed by atoms with E-state index in [1.54, 1.807) is 4.90 Å². The average molecular weight is 230 g/mol. The van der Waals surface area contributed by atoms with Gasteiger partial charge in [0.15, 0.2) is 0 Å². The molecule has 1 aliphatic heterocycles. The maximum atomic E-state index is 10.5. The summed E-state index contributed by atoms with van der Waals surface area (Å²) in [6.45, 7) is 4.46.